The normalized spacial score (nSPS) is 12.6. The van der Waals surface area contributed by atoms with E-state index in [1.54, 1.807) is 66.0 Å². The van der Waals surface area contributed by atoms with Crippen LogP contribution in [-0.4, -0.2) is 40.8 Å². The van der Waals surface area contributed by atoms with Crippen LogP contribution in [0.4, 0.5) is 4.79 Å². The molecule has 0 unspecified atom stereocenters. The smallest absolute Gasteiger partial charge is 0.411 e. The first kappa shape index (κ1) is 19.8. The number of benzene rings is 1. The van der Waals surface area contributed by atoms with Crippen molar-refractivity contribution in [1.29, 1.82) is 0 Å². The molecule has 1 atom stereocenters. The van der Waals surface area contributed by atoms with Crippen LogP contribution in [0.5, 0.6) is 5.75 Å². The summed E-state index contributed by atoms with van der Waals surface area (Å²) in [6, 6.07) is 6.17. The Balaban J connectivity index is 3.11. The molecule has 1 N–H and O–H groups in total. The lowest BCUT2D eigenvalue weighted by Gasteiger charge is -2.33. The summed E-state index contributed by atoms with van der Waals surface area (Å²) in [4.78, 5) is 25.5. The SMILES string of the molecule is COc1ccc(CN(C(=O)OC(C)(C)C)[C@H](C(=O)O)C(C)C)cc1. The van der Waals surface area contributed by atoms with Crippen molar-refractivity contribution < 1.29 is 24.2 Å². The molecule has 24 heavy (non-hydrogen) atoms. The van der Waals surface area contributed by atoms with Crippen LogP contribution >= 0.6 is 0 Å². The Labute approximate surface area is 143 Å². The van der Waals surface area contributed by atoms with Gasteiger partial charge >= 0.3 is 12.1 Å². The van der Waals surface area contributed by atoms with E-state index in [0.29, 0.717) is 5.75 Å². The van der Waals surface area contributed by atoms with E-state index in [1.165, 1.54) is 4.90 Å². The number of carboxylic acid groups (broad SMARTS) is 1. The molecule has 0 saturated carbocycles. The first-order chi connectivity index (χ1) is 11.0. The van der Waals surface area contributed by atoms with Crippen molar-refractivity contribution in [2.75, 3.05) is 7.11 Å². The highest BCUT2D eigenvalue weighted by atomic mass is 16.6. The summed E-state index contributed by atoms with van der Waals surface area (Å²) in [5.41, 5.74) is 0.100. The van der Waals surface area contributed by atoms with E-state index in [2.05, 4.69) is 0 Å². The second-order valence-corrected chi connectivity index (χ2v) is 6.98. The van der Waals surface area contributed by atoms with Crippen LogP contribution < -0.4 is 4.74 Å². The number of nitrogens with zero attached hydrogens (tertiary/aromatic N) is 1. The molecular weight excluding hydrogens is 310 g/mol. The summed E-state index contributed by atoms with van der Waals surface area (Å²) in [6.07, 6.45) is -0.639. The topological polar surface area (TPSA) is 76.1 Å². The van der Waals surface area contributed by atoms with E-state index in [4.69, 9.17) is 9.47 Å². The maximum absolute atomic E-state index is 12.6. The minimum atomic E-state index is -1.05. The quantitative estimate of drug-likeness (QED) is 0.859. The molecule has 0 spiro atoms. The van der Waals surface area contributed by atoms with Gasteiger partial charge in [0.1, 0.15) is 17.4 Å². The number of ether oxygens (including phenoxy) is 2. The van der Waals surface area contributed by atoms with Gasteiger partial charge in [-0.3, -0.25) is 4.90 Å². The minimum Gasteiger partial charge on any atom is -0.497 e. The highest BCUT2D eigenvalue weighted by Gasteiger charge is 2.35. The zero-order valence-corrected chi connectivity index (χ0v) is 15.2. The third-order valence-corrected chi connectivity index (χ3v) is 3.36. The highest BCUT2D eigenvalue weighted by Crippen LogP contribution is 2.21. The van der Waals surface area contributed by atoms with Gasteiger partial charge in [-0.15, -0.1) is 0 Å². The van der Waals surface area contributed by atoms with E-state index < -0.39 is 23.7 Å². The predicted molar refractivity (Wildman–Crippen MR) is 91.0 cm³/mol. The van der Waals surface area contributed by atoms with Gasteiger partial charge in [0, 0.05) is 6.54 Å². The van der Waals surface area contributed by atoms with Crippen LogP contribution in [-0.2, 0) is 16.1 Å². The number of hydrogen-bond donors (Lipinski definition) is 1. The molecule has 1 rings (SSSR count). The Kier molecular flexibility index (Phi) is 6.63. The first-order valence-electron chi connectivity index (χ1n) is 7.90. The van der Waals surface area contributed by atoms with Crippen molar-refractivity contribution in [1.82, 2.24) is 4.90 Å². The Morgan fingerprint density at radius 1 is 1.17 bits per heavy atom. The maximum Gasteiger partial charge on any atom is 0.411 e. The molecule has 0 heterocycles. The van der Waals surface area contributed by atoms with Gasteiger partial charge in [0.15, 0.2) is 0 Å². The van der Waals surface area contributed by atoms with Crippen LogP contribution in [0.3, 0.4) is 0 Å². The van der Waals surface area contributed by atoms with Crippen molar-refractivity contribution >= 4 is 12.1 Å². The number of methoxy groups -OCH3 is 1. The molecule has 134 valence electrons. The van der Waals surface area contributed by atoms with Gasteiger partial charge in [0.2, 0.25) is 0 Å². The monoisotopic (exact) mass is 337 g/mol. The molecule has 6 heteroatoms. The van der Waals surface area contributed by atoms with Gasteiger partial charge in [-0.25, -0.2) is 9.59 Å². The molecule has 0 radical (unpaired) electrons. The average Bonchev–Trinajstić information content (AvgIpc) is 2.44. The molecule has 0 aliphatic carbocycles. The van der Waals surface area contributed by atoms with Gasteiger partial charge in [-0.2, -0.15) is 0 Å². The number of carboxylic acids is 1. The number of rotatable bonds is 6. The number of aliphatic carboxylic acids is 1. The molecule has 0 fully saturated rings. The molecule has 1 aromatic carbocycles. The van der Waals surface area contributed by atoms with Crippen LogP contribution in [0, 0.1) is 5.92 Å². The van der Waals surface area contributed by atoms with Crippen molar-refractivity contribution in [2.24, 2.45) is 5.92 Å². The van der Waals surface area contributed by atoms with Crippen LogP contribution in [0.2, 0.25) is 0 Å². The average molecular weight is 337 g/mol. The van der Waals surface area contributed by atoms with Crippen LogP contribution in [0.25, 0.3) is 0 Å². The summed E-state index contributed by atoms with van der Waals surface area (Å²) >= 11 is 0. The van der Waals surface area contributed by atoms with E-state index >= 15 is 0 Å². The molecule has 0 bridgehead atoms. The molecule has 0 aliphatic rings. The second-order valence-electron chi connectivity index (χ2n) is 6.98. The van der Waals surface area contributed by atoms with Gasteiger partial charge in [-0.1, -0.05) is 26.0 Å². The fraction of sp³-hybridized carbons (Fsp3) is 0.556. The lowest BCUT2D eigenvalue weighted by Crippen LogP contribution is -2.49. The van der Waals surface area contributed by atoms with Crippen molar-refractivity contribution in [3.63, 3.8) is 0 Å². The molecule has 1 amide bonds. The van der Waals surface area contributed by atoms with E-state index in [1.807, 2.05) is 0 Å². The van der Waals surface area contributed by atoms with Gasteiger partial charge in [-0.05, 0) is 44.4 Å². The highest BCUT2D eigenvalue weighted by molar-refractivity contribution is 5.80. The van der Waals surface area contributed by atoms with E-state index in [-0.39, 0.29) is 12.5 Å². The number of carbonyl (C=O) groups excluding carboxylic acids is 1. The third-order valence-electron chi connectivity index (χ3n) is 3.36. The van der Waals surface area contributed by atoms with Crippen molar-refractivity contribution in [3.8, 4) is 5.75 Å². The summed E-state index contributed by atoms with van der Waals surface area (Å²) in [5.74, 6) is -0.612. The number of carbonyl (C=O) groups is 2. The summed E-state index contributed by atoms with van der Waals surface area (Å²) < 4.78 is 10.5. The van der Waals surface area contributed by atoms with Gasteiger partial charge < -0.3 is 14.6 Å². The lowest BCUT2D eigenvalue weighted by atomic mass is 10.0. The maximum atomic E-state index is 12.6. The fourth-order valence-electron chi connectivity index (χ4n) is 2.30. The molecule has 0 aliphatic heterocycles. The Morgan fingerprint density at radius 2 is 1.71 bits per heavy atom. The zero-order valence-electron chi connectivity index (χ0n) is 15.2. The zero-order chi connectivity index (χ0) is 18.5. The minimum absolute atomic E-state index is 0.147. The van der Waals surface area contributed by atoms with Crippen LogP contribution in [0.1, 0.15) is 40.2 Å². The van der Waals surface area contributed by atoms with E-state index in [0.717, 1.165) is 5.56 Å². The summed E-state index contributed by atoms with van der Waals surface area (Å²) in [5, 5.41) is 9.55. The molecular formula is C18H27NO5. The lowest BCUT2D eigenvalue weighted by molar-refractivity contribution is -0.145. The third kappa shape index (κ3) is 5.76. The first-order valence-corrected chi connectivity index (χ1v) is 7.90. The molecule has 0 aromatic heterocycles. The Bertz CT molecular complexity index is 560. The molecule has 6 nitrogen and oxygen atoms in total. The second kappa shape index (κ2) is 8.04. The Morgan fingerprint density at radius 3 is 2.08 bits per heavy atom. The largest absolute Gasteiger partial charge is 0.497 e. The molecule has 0 saturated heterocycles. The molecule has 1 aromatic rings. The van der Waals surface area contributed by atoms with Crippen LogP contribution in [0.15, 0.2) is 24.3 Å². The Hall–Kier alpha value is -2.24. The summed E-state index contributed by atoms with van der Waals surface area (Å²) in [7, 11) is 1.57. The van der Waals surface area contributed by atoms with Crippen molar-refractivity contribution in [2.45, 2.75) is 52.8 Å². The van der Waals surface area contributed by atoms with Gasteiger partial charge in [0.05, 0.1) is 7.11 Å². The fourth-order valence-corrected chi connectivity index (χ4v) is 2.30. The number of hydrogen-bond acceptors (Lipinski definition) is 4. The predicted octanol–water partition coefficient (Wildman–Crippen LogP) is 3.54. The summed E-state index contributed by atoms with van der Waals surface area (Å²) in [6.45, 7) is 8.94. The van der Waals surface area contributed by atoms with Gasteiger partial charge in [0.25, 0.3) is 0 Å². The van der Waals surface area contributed by atoms with E-state index in [9.17, 15) is 14.7 Å². The standard InChI is InChI=1S/C18H27NO5/c1-12(2)15(16(20)21)19(17(22)24-18(3,4)5)11-13-7-9-14(23-6)10-8-13/h7-10,12,15H,11H2,1-6H3,(H,20,21)/t15-/m0/s1. The number of amides is 1. The van der Waals surface area contributed by atoms with Crippen molar-refractivity contribution in [3.05, 3.63) is 29.8 Å².